The van der Waals surface area contributed by atoms with Crippen LogP contribution in [-0.4, -0.2) is 56.0 Å². The molecule has 5 nitrogen and oxygen atoms in total. The van der Waals surface area contributed by atoms with Crippen molar-refractivity contribution in [2.75, 3.05) is 31.6 Å². The molecule has 0 aromatic carbocycles. The van der Waals surface area contributed by atoms with Gasteiger partial charge in [-0.3, -0.25) is 9.69 Å². The van der Waals surface area contributed by atoms with Crippen LogP contribution < -0.4 is 0 Å². The number of carboxylic acids is 1. The third-order valence-electron chi connectivity index (χ3n) is 2.56. The Kier molecular flexibility index (Phi) is 4.73. The Morgan fingerprint density at radius 1 is 1.44 bits per heavy atom. The molecule has 0 saturated heterocycles. The van der Waals surface area contributed by atoms with Crippen molar-refractivity contribution in [3.8, 4) is 0 Å². The van der Waals surface area contributed by atoms with Crippen LogP contribution in [0.25, 0.3) is 0 Å². The third-order valence-corrected chi connectivity index (χ3v) is 3.59. The second-order valence-electron chi connectivity index (χ2n) is 4.56. The topological polar surface area (TPSA) is 74.7 Å². The number of hydrogen-bond acceptors (Lipinski definition) is 4. The molecule has 1 fully saturated rings. The molecule has 0 aromatic heterocycles. The minimum absolute atomic E-state index is 0.0141. The number of carbonyl (C=O) groups is 1. The van der Waals surface area contributed by atoms with Crippen LogP contribution in [0.1, 0.15) is 19.3 Å². The number of sulfone groups is 1. The first-order valence-corrected chi connectivity index (χ1v) is 7.55. The van der Waals surface area contributed by atoms with Gasteiger partial charge in [-0.15, -0.1) is 0 Å². The molecule has 0 unspecified atom stereocenters. The van der Waals surface area contributed by atoms with Crippen LogP contribution >= 0.6 is 0 Å². The van der Waals surface area contributed by atoms with Gasteiger partial charge in [0, 0.05) is 12.8 Å². The fourth-order valence-corrected chi connectivity index (χ4v) is 2.30. The molecule has 0 radical (unpaired) electrons. The molecule has 0 aliphatic heterocycles. The normalized spacial score (nSPS) is 16.6. The van der Waals surface area contributed by atoms with E-state index >= 15 is 0 Å². The number of aliphatic carboxylic acids is 1. The summed E-state index contributed by atoms with van der Waals surface area (Å²) in [6.45, 7) is 1.35. The maximum absolute atomic E-state index is 10.9. The van der Waals surface area contributed by atoms with Gasteiger partial charge in [0.25, 0.3) is 0 Å². The van der Waals surface area contributed by atoms with Crippen LogP contribution in [0, 0.1) is 5.92 Å². The second kappa shape index (κ2) is 5.63. The van der Waals surface area contributed by atoms with E-state index in [2.05, 4.69) is 0 Å². The fourth-order valence-electron chi connectivity index (χ4n) is 1.64. The molecular formula is C10H19NO4S. The average Bonchev–Trinajstić information content (AvgIpc) is 2.84. The summed E-state index contributed by atoms with van der Waals surface area (Å²) in [5.74, 6) is -0.0917. The van der Waals surface area contributed by atoms with Crippen molar-refractivity contribution in [3.05, 3.63) is 0 Å². The summed E-state index contributed by atoms with van der Waals surface area (Å²) < 4.78 is 21.9. The van der Waals surface area contributed by atoms with Gasteiger partial charge < -0.3 is 5.11 Å². The molecule has 0 spiro atoms. The lowest BCUT2D eigenvalue weighted by Crippen LogP contribution is -2.33. The number of hydrogen-bond donors (Lipinski definition) is 1. The van der Waals surface area contributed by atoms with Gasteiger partial charge >= 0.3 is 5.97 Å². The van der Waals surface area contributed by atoms with Crippen molar-refractivity contribution < 1.29 is 18.3 Å². The van der Waals surface area contributed by atoms with Crippen LogP contribution in [0.15, 0.2) is 0 Å². The molecule has 1 saturated carbocycles. The van der Waals surface area contributed by atoms with Crippen LogP contribution in [0.3, 0.4) is 0 Å². The lowest BCUT2D eigenvalue weighted by Gasteiger charge is -2.19. The summed E-state index contributed by atoms with van der Waals surface area (Å²) in [4.78, 5) is 12.5. The van der Waals surface area contributed by atoms with Gasteiger partial charge in [-0.25, -0.2) is 8.42 Å². The molecule has 1 aliphatic carbocycles. The Balaban J connectivity index is 2.28. The van der Waals surface area contributed by atoms with E-state index in [0.29, 0.717) is 18.9 Å². The summed E-state index contributed by atoms with van der Waals surface area (Å²) in [6, 6.07) is 0. The zero-order valence-corrected chi connectivity index (χ0v) is 10.4. The summed E-state index contributed by atoms with van der Waals surface area (Å²) in [6.07, 6.45) is 4.05. The molecule has 0 amide bonds. The van der Waals surface area contributed by atoms with Gasteiger partial charge in [-0.2, -0.15) is 0 Å². The van der Waals surface area contributed by atoms with E-state index in [1.807, 2.05) is 4.90 Å². The lowest BCUT2D eigenvalue weighted by atomic mass is 10.3. The van der Waals surface area contributed by atoms with E-state index in [0.717, 1.165) is 6.54 Å². The van der Waals surface area contributed by atoms with Gasteiger partial charge in [-0.1, -0.05) is 0 Å². The first kappa shape index (κ1) is 13.4. The highest BCUT2D eigenvalue weighted by atomic mass is 32.2. The van der Waals surface area contributed by atoms with Gasteiger partial charge in [0.05, 0.1) is 12.3 Å². The van der Waals surface area contributed by atoms with Crippen molar-refractivity contribution in [2.24, 2.45) is 5.92 Å². The third kappa shape index (κ3) is 6.79. The van der Waals surface area contributed by atoms with Crippen molar-refractivity contribution in [1.82, 2.24) is 4.90 Å². The molecule has 1 aliphatic rings. The highest BCUT2D eigenvalue weighted by molar-refractivity contribution is 7.90. The van der Waals surface area contributed by atoms with E-state index in [9.17, 15) is 13.2 Å². The minimum Gasteiger partial charge on any atom is -0.480 e. The molecule has 16 heavy (non-hydrogen) atoms. The maximum Gasteiger partial charge on any atom is 0.317 e. The van der Waals surface area contributed by atoms with Gasteiger partial charge in [0.2, 0.25) is 0 Å². The predicted molar refractivity (Wildman–Crippen MR) is 61.1 cm³/mol. The van der Waals surface area contributed by atoms with Crippen LogP contribution in [0.2, 0.25) is 0 Å². The Hall–Kier alpha value is -0.620. The molecule has 1 N–H and O–H groups in total. The SMILES string of the molecule is CS(=O)(=O)CCCN(CC(=O)O)CC1CC1. The smallest absolute Gasteiger partial charge is 0.317 e. The van der Waals surface area contributed by atoms with Crippen molar-refractivity contribution >= 4 is 15.8 Å². The molecule has 0 bridgehead atoms. The van der Waals surface area contributed by atoms with Crippen molar-refractivity contribution in [2.45, 2.75) is 19.3 Å². The van der Waals surface area contributed by atoms with E-state index < -0.39 is 15.8 Å². The van der Waals surface area contributed by atoms with Crippen LogP contribution in [0.4, 0.5) is 0 Å². The highest BCUT2D eigenvalue weighted by Gasteiger charge is 2.25. The molecular weight excluding hydrogens is 230 g/mol. The van der Waals surface area contributed by atoms with Crippen molar-refractivity contribution in [1.29, 1.82) is 0 Å². The van der Waals surface area contributed by atoms with Gasteiger partial charge in [0.15, 0.2) is 0 Å². The summed E-state index contributed by atoms with van der Waals surface area (Å²) in [5, 5.41) is 8.72. The van der Waals surface area contributed by atoms with Crippen LogP contribution in [0.5, 0.6) is 0 Å². The largest absolute Gasteiger partial charge is 0.480 e. The Bertz CT molecular complexity index is 335. The Labute approximate surface area is 96.4 Å². The monoisotopic (exact) mass is 249 g/mol. The number of nitrogens with zero attached hydrogens (tertiary/aromatic N) is 1. The molecule has 94 valence electrons. The highest BCUT2D eigenvalue weighted by Crippen LogP contribution is 2.29. The number of carboxylic acid groups (broad SMARTS) is 1. The minimum atomic E-state index is -2.94. The second-order valence-corrected chi connectivity index (χ2v) is 6.82. The molecule has 6 heteroatoms. The van der Waals surface area contributed by atoms with E-state index in [1.54, 1.807) is 0 Å². The first-order chi connectivity index (χ1) is 7.37. The molecule has 0 atom stereocenters. The quantitative estimate of drug-likeness (QED) is 0.666. The fraction of sp³-hybridized carbons (Fsp3) is 0.900. The lowest BCUT2D eigenvalue weighted by molar-refractivity contribution is -0.138. The zero-order chi connectivity index (χ0) is 12.2. The van der Waals surface area contributed by atoms with Gasteiger partial charge in [-0.05, 0) is 31.7 Å². The van der Waals surface area contributed by atoms with Crippen molar-refractivity contribution in [3.63, 3.8) is 0 Å². The molecule has 1 rings (SSSR count). The maximum atomic E-state index is 10.9. The average molecular weight is 249 g/mol. The standard InChI is InChI=1S/C10H19NO4S/c1-16(14,15)6-2-5-11(8-10(12)13)7-9-3-4-9/h9H,2-8H2,1H3,(H,12,13). The van der Waals surface area contributed by atoms with E-state index in [1.165, 1.54) is 19.1 Å². The van der Waals surface area contributed by atoms with E-state index in [4.69, 9.17) is 5.11 Å². The zero-order valence-electron chi connectivity index (χ0n) is 9.55. The Morgan fingerprint density at radius 3 is 2.50 bits per heavy atom. The van der Waals surface area contributed by atoms with Gasteiger partial charge in [0.1, 0.15) is 9.84 Å². The van der Waals surface area contributed by atoms with E-state index in [-0.39, 0.29) is 12.3 Å². The summed E-state index contributed by atoms with van der Waals surface area (Å²) >= 11 is 0. The molecule has 0 heterocycles. The number of rotatable bonds is 8. The summed E-state index contributed by atoms with van der Waals surface area (Å²) in [7, 11) is -2.94. The first-order valence-electron chi connectivity index (χ1n) is 5.48. The molecule has 0 aromatic rings. The summed E-state index contributed by atoms with van der Waals surface area (Å²) in [5.41, 5.74) is 0. The predicted octanol–water partition coefficient (Wildman–Crippen LogP) is 0.218. The van der Waals surface area contributed by atoms with Crippen LogP contribution in [-0.2, 0) is 14.6 Å². The Morgan fingerprint density at radius 2 is 2.06 bits per heavy atom.